The van der Waals surface area contributed by atoms with Gasteiger partial charge in [-0.15, -0.1) is 0 Å². The minimum atomic E-state index is -4.32. The van der Waals surface area contributed by atoms with Gasteiger partial charge in [-0.25, -0.2) is 4.79 Å². The molecule has 0 aliphatic carbocycles. The molecule has 0 atom stereocenters. The number of alkyl halides is 2. The van der Waals surface area contributed by atoms with Crippen molar-refractivity contribution in [1.82, 2.24) is 0 Å². The van der Waals surface area contributed by atoms with Gasteiger partial charge in [0.15, 0.2) is 6.61 Å². The van der Waals surface area contributed by atoms with Crippen LogP contribution in [0.4, 0.5) is 8.78 Å². The van der Waals surface area contributed by atoms with Crippen LogP contribution in [0, 0.1) is 0 Å². The first-order valence-electron chi connectivity index (χ1n) is 4.50. The van der Waals surface area contributed by atoms with E-state index in [4.69, 9.17) is 9.84 Å². The molecule has 0 unspecified atom stereocenters. The van der Waals surface area contributed by atoms with Crippen LogP contribution < -0.4 is 9.47 Å². The highest BCUT2D eigenvalue weighted by Gasteiger charge is 2.42. The van der Waals surface area contributed by atoms with Crippen molar-refractivity contribution < 1.29 is 33.0 Å². The second-order valence-corrected chi connectivity index (χ2v) is 3.29. The maximum Gasteiger partial charge on any atom is 0.501 e. The maximum atomic E-state index is 12.7. The van der Waals surface area contributed by atoms with Crippen LogP contribution in [0.2, 0.25) is 0 Å². The summed E-state index contributed by atoms with van der Waals surface area (Å²) in [6.45, 7) is -0.159. The van der Waals surface area contributed by atoms with Crippen LogP contribution in [-0.2, 0) is 4.79 Å². The lowest BCUT2D eigenvalue weighted by molar-refractivity contribution is -0.210. The Morgan fingerprint density at radius 3 is 2.82 bits per heavy atom. The molecule has 0 aromatic heterocycles. The number of carbonyl (C=O) groups is 2. The highest BCUT2D eigenvalue weighted by atomic mass is 19.3. The molecule has 2 rings (SSSR count). The SMILES string of the molecule is O=C1COc2cc(OC(F)(F)C(=O)O)ccc21. The van der Waals surface area contributed by atoms with E-state index in [0.29, 0.717) is 0 Å². The Labute approximate surface area is 93.6 Å². The topological polar surface area (TPSA) is 72.8 Å². The Balaban J connectivity index is 2.25. The molecule has 0 fully saturated rings. The maximum absolute atomic E-state index is 12.7. The van der Waals surface area contributed by atoms with Gasteiger partial charge in [-0.1, -0.05) is 0 Å². The molecule has 0 saturated carbocycles. The molecule has 0 bridgehead atoms. The number of rotatable bonds is 3. The van der Waals surface area contributed by atoms with E-state index in [9.17, 15) is 18.4 Å². The van der Waals surface area contributed by atoms with E-state index in [2.05, 4.69) is 4.74 Å². The van der Waals surface area contributed by atoms with Crippen molar-refractivity contribution in [3.8, 4) is 11.5 Å². The van der Waals surface area contributed by atoms with Crippen LogP contribution in [0.15, 0.2) is 18.2 Å². The summed E-state index contributed by atoms with van der Waals surface area (Å²) in [5.41, 5.74) is 0.260. The molecule has 90 valence electrons. The van der Waals surface area contributed by atoms with E-state index in [0.717, 1.165) is 12.1 Å². The zero-order valence-corrected chi connectivity index (χ0v) is 8.28. The number of benzene rings is 1. The fourth-order valence-electron chi connectivity index (χ4n) is 1.33. The minimum absolute atomic E-state index is 0.105. The molecule has 1 aromatic rings. The number of Topliss-reactive ketones (excluding diaryl/α,β-unsaturated/α-hetero) is 1. The Hall–Kier alpha value is -2.18. The standard InChI is InChI=1S/C10H6F2O5/c11-10(12,9(14)15)17-5-1-2-6-7(13)4-16-8(6)3-5/h1-3H,4H2,(H,14,15). The van der Waals surface area contributed by atoms with E-state index in [1.807, 2.05) is 0 Å². The van der Waals surface area contributed by atoms with Crippen LogP contribution in [0.3, 0.4) is 0 Å². The molecule has 1 N–H and O–H groups in total. The van der Waals surface area contributed by atoms with Crippen LogP contribution in [-0.4, -0.2) is 29.6 Å². The van der Waals surface area contributed by atoms with Gasteiger partial charge in [0.25, 0.3) is 0 Å². The summed E-state index contributed by atoms with van der Waals surface area (Å²) in [7, 11) is 0. The molecule has 1 aromatic carbocycles. The van der Waals surface area contributed by atoms with Crippen molar-refractivity contribution >= 4 is 11.8 Å². The van der Waals surface area contributed by atoms with Crippen molar-refractivity contribution in [3.63, 3.8) is 0 Å². The second kappa shape index (κ2) is 3.69. The fraction of sp³-hybridized carbons (Fsp3) is 0.200. The molecule has 1 aliphatic rings. The summed E-state index contributed by atoms with van der Waals surface area (Å²) in [6, 6.07) is 3.39. The predicted octanol–water partition coefficient (Wildman–Crippen LogP) is 1.32. The molecule has 1 heterocycles. The summed E-state index contributed by atoms with van der Waals surface area (Å²) in [4.78, 5) is 21.3. The summed E-state index contributed by atoms with van der Waals surface area (Å²) < 4.78 is 34.4. The molecule has 1 aliphatic heterocycles. The van der Waals surface area contributed by atoms with Gasteiger partial charge in [0.05, 0.1) is 5.56 Å². The Kier molecular flexibility index (Phi) is 2.45. The number of carbonyl (C=O) groups excluding carboxylic acids is 1. The first kappa shape index (κ1) is 11.3. The van der Waals surface area contributed by atoms with Crippen molar-refractivity contribution in [2.24, 2.45) is 0 Å². The van der Waals surface area contributed by atoms with Gasteiger partial charge in [-0.05, 0) is 12.1 Å². The van der Waals surface area contributed by atoms with Crippen LogP contribution in [0.5, 0.6) is 11.5 Å². The molecule has 5 nitrogen and oxygen atoms in total. The Morgan fingerprint density at radius 2 is 2.18 bits per heavy atom. The van der Waals surface area contributed by atoms with Crippen molar-refractivity contribution in [2.75, 3.05) is 6.61 Å². The summed E-state index contributed by atoms with van der Waals surface area (Å²) in [5, 5.41) is 8.18. The third-order valence-corrected chi connectivity index (χ3v) is 2.11. The van der Waals surface area contributed by atoms with Crippen molar-refractivity contribution in [1.29, 1.82) is 0 Å². The van der Waals surface area contributed by atoms with Crippen LogP contribution >= 0.6 is 0 Å². The van der Waals surface area contributed by atoms with E-state index in [-0.39, 0.29) is 29.5 Å². The summed E-state index contributed by atoms with van der Waals surface area (Å²) in [5.74, 6) is -2.94. The van der Waals surface area contributed by atoms with E-state index < -0.39 is 12.1 Å². The van der Waals surface area contributed by atoms with Crippen molar-refractivity contribution in [3.05, 3.63) is 23.8 Å². The summed E-state index contributed by atoms with van der Waals surface area (Å²) in [6.07, 6.45) is -4.32. The average molecular weight is 244 g/mol. The first-order valence-corrected chi connectivity index (χ1v) is 4.50. The Morgan fingerprint density at radius 1 is 1.47 bits per heavy atom. The van der Waals surface area contributed by atoms with Gasteiger partial charge in [0, 0.05) is 6.07 Å². The van der Waals surface area contributed by atoms with Crippen LogP contribution in [0.1, 0.15) is 10.4 Å². The number of carboxylic acid groups (broad SMARTS) is 1. The second-order valence-electron chi connectivity index (χ2n) is 3.29. The predicted molar refractivity (Wildman–Crippen MR) is 49.5 cm³/mol. The Bertz CT molecular complexity index is 497. The fourth-order valence-corrected chi connectivity index (χ4v) is 1.33. The van der Waals surface area contributed by atoms with Gasteiger partial charge >= 0.3 is 12.1 Å². The zero-order valence-electron chi connectivity index (χ0n) is 8.28. The third kappa shape index (κ3) is 2.03. The van der Waals surface area contributed by atoms with Gasteiger partial charge in [0.1, 0.15) is 11.5 Å². The highest BCUT2D eigenvalue weighted by molar-refractivity contribution is 6.02. The van der Waals surface area contributed by atoms with Gasteiger partial charge in [0.2, 0.25) is 5.78 Å². The molecule has 17 heavy (non-hydrogen) atoms. The van der Waals surface area contributed by atoms with E-state index >= 15 is 0 Å². The first-order chi connectivity index (χ1) is 7.90. The molecule has 0 radical (unpaired) electrons. The minimum Gasteiger partial charge on any atom is -0.485 e. The van der Waals surface area contributed by atoms with Gasteiger partial charge < -0.3 is 14.6 Å². The molecule has 0 saturated heterocycles. The molecular weight excluding hydrogens is 238 g/mol. The van der Waals surface area contributed by atoms with Gasteiger partial charge in [-0.2, -0.15) is 8.78 Å². The van der Waals surface area contributed by atoms with Gasteiger partial charge in [-0.3, -0.25) is 4.79 Å². The number of fused-ring (bicyclic) bond motifs is 1. The number of halogens is 2. The van der Waals surface area contributed by atoms with E-state index in [1.165, 1.54) is 6.07 Å². The average Bonchev–Trinajstić information content (AvgIpc) is 2.59. The third-order valence-electron chi connectivity index (χ3n) is 2.11. The lowest BCUT2D eigenvalue weighted by Crippen LogP contribution is -2.34. The molecule has 0 spiro atoms. The highest BCUT2D eigenvalue weighted by Crippen LogP contribution is 2.31. The number of carboxylic acids is 1. The van der Waals surface area contributed by atoms with E-state index in [1.54, 1.807) is 0 Å². The number of hydrogen-bond donors (Lipinski definition) is 1. The lowest BCUT2D eigenvalue weighted by atomic mass is 10.1. The zero-order chi connectivity index (χ0) is 12.6. The lowest BCUT2D eigenvalue weighted by Gasteiger charge is -2.13. The normalized spacial score (nSPS) is 14.1. The van der Waals surface area contributed by atoms with Crippen LogP contribution in [0.25, 0.3) is 0 Å². The quantitative estimate of drug-likeness (QED) is 0.867. The largest absolute Gasteiger partial charge is 0.501 e. The van der Waals surface area contributed by atoms with Crippen molar-refractivity contribution in [2.45, 2.75) is 6.11 Å². The number of ether oxygens (including phenoxy) is 2. The number of hydrogen-bond acceptors (Lipinski definition) is 4. The monoisotopic (exact) mass is 244 g/mol. The smallest absolute Gasteiger partial charge is 0.485 e. The summed E-state index contributed by atoms with van der Waals surface area (Å²) >= 11 is 0. The molecule has 0 amide bonds. The molecular formula is C10H6F2O5. The number of aliphatic carboxylic acids is 1. The molecule has 7 heteroatoms. The number of ketones is 1.